The summed E-state index contributed by atoms with van der Waals surface area (Å²) in [5.41, 5.74) is 1.12. The minimum atomic E-state index is -0.828. The Morgan fingerprint density at radius 1 is 1.41 bits per heavy atom. The van der Waals surface area contributed by atoms with Gasteiger partial charge >= 0.3 is 6.09 Å². The molecule has 0 saturated carbocycles. The minimum absolute atomic E-state index is 0.367. The van der Waals surface area contributed by atoms with Crippen LogP contribution in [0, 0.1) is 0 Å². The maximum Gasteiger partial charge on any atom is 0.407 e. The van der Waals surface area contributed by atoms with E-state index >= 15 is 0 Å². The number of likely N-dealkylation sites (tertiary alicyclic amines) is 1. The van der Waals surface area contributed by atoms with Crippen LogP contribution in [-0.4, -0.2) is 29.2 Å². The van der Waals surface area contributed by atoms with Gasteiger partial charge in [0.15, 0.2) is 0 Å². The molecule has 0 bridgehead atoms. The zero-order chi connectivity index (χ0) is 12.4. The van der Waals surface area contributed by atoms with Crippen LogP contribution in [0.15, 0.2) is 22.7 Å². The molecule has 1 aliphatic rings. The van der Waals surface area contributed by atoms with Gasteiger partial charge in [0.25, 0.3) is 0 Å². The second-order valence-corrected chi connectivity index (χ2v) is 5.53. The molecule has 1 saturated heterocycles. The van der Waals surface area contributed by atoms with Gasteiger partial charge in [-0.15, -0.1) is 0 Å². The van der Waals surface area contributed by atoms with Crippen LogP contribution in [0.4, 0.5) is 4.79 Å². The number of halogens is 2. The Balaban J connectivity index is 2.08. The van der Waals surface area contributed by atoms with E-state index in [1.807, 2.05) is 18.2 Å². The molecule has 1 aromatic carbocycles. The zero-order valence-electron chi connectivity index (χ0n) is 9.20. The Hall–Kier alpha value is -0.740. The summed E-state index contributed by atoms with van der Waals surface area (Å²) in [7, 11) is 0. The molecule has 0 unspecified atom stereocenters. The number of benzene rings is 1. The molecule has 1 amide bonds. The fourth-order valence-electron chi connectivity index (χ4n) is 2.21. The summed E-state index contributed by atoms with van der Waals surface area (Å²) in [4.78, 5) is 12.3. The van der Waals surface area contributed by atoms with Gasteiger partial charge in [-0.2, -0.15) is 0 Å². The van der Waals surface area contributed by atoms with Crippen LogP contribution in [0.25, 0.3) is 0 Å². The van der Waals surface area contributed by atoms with Crippen molar-refractivity contribution in [2.24, 2.45) is 0 Å². The zero-order valence-corrected chi connectivity index (χ0v) is 11.5. The summed E-state index contributed by atoms with van der Waals surface area (Å²) in [6.07, 6.45) is 0.853. The molecular formula is C12H13BrClNO2. The van der Waals surface area contributed by atoms with Gasteiger partial charge in [-0.05, 0) is 36.5 Å². The fraction of sp³-hybridized carbons (Fsp3) is 0.417. The molecule has 0 aliphatic carbocycles. The van der Waals surface area contributed by atoms with Crippen molar-refractivity contribution in [1.82, 2.24) is 4.90 Å². The lowest BCUT2D eigenvalue weighted by Crippen LogP contribution is -2.36. The van der Waals surface area contributed by atoms with Crippen molar-refractivity contribution in [3.05, 3.63) is 33.3 Å². The molecule has 1 fully saturated rings. The summed E-state index contributed by atoms with van der Waals surface area (Å²) in [5, 5.41) is 9.64. The van der Waals surface area contributed by atoms with E-state index in [2.05, 4.69) is 15.9 Å². The Morgan fingerprint density at radius 2 is 2.06 bits per heavy atom. The number of piperidine rings is 1. The number of hydrogen-bond acceptors (Lipinski definition) is 1. The molecule has 1 heterocycles. The van der Waals surface area contributed by atoms with Crippen LogP contribution in [0.5, 0.6) is 0 Å². The van der Waals surface area contributed by atoms with E-state index in [0.717, 1.165) is 27.9 Å². The molecule has 1 N–H and O–H groups in total. The van der Waals surface area contributed by atoms with Gasteiger partial charge in [-0.1, -0.05) is 33.6 Å². The predicted molar refractivity (Wildman–Crippen MR) is 70.7 cm³/mol. The lowest BCUT2D eigenvalue weighted by Gasteiger charge is -2.30. The summed E-state index contributed by atoms with van der Waals surface area (Å²) >= 11 is 9.58. The average Bonchev–Trinajstić information content (AvgIpc) is 2.29. The second-order valence-electron chi connectivity index (χ2n) is 4.21. The van der Waals surface area contributed by atoms with Crippen LogP contribution in [-0.2, 0) is 0 Å². The molecule has 0 radical (unpaired) electrons. The van der Waals surface area contributed by atoms with Crippen LogP contribution < -0.4 is 0 Å². The van der Waals surface area contributed by atoms with E-state index < -0.39 is 6.09 Å². The number of nitrogens with zero attached hydrogens (tertiary/aromatic N) is 1. The number of carboxylic acid groups (broad SMARTS) is 1. The Morgan fingerprint density at radius 3 is 2.59 bits per heavy atom. The first-order valence-corrected chi connectivity index (χ1v) is 6.68. The number of rotatable bonds is 1. The van der Waals surface area contributed by atoms with Crippen molar-refractivity contribution < 1.29 is 9.90 Å². The number of carbonyl (C=O) groups is 1. The molecule has 1 aliphatic heterocycles. The van der Waals surface area contributed by atoms with Crippen molar-refractivity contribution in [3.63, 3.8) is 0 Å². The van der Waals surface area contributed by atoms with E-state index in [0.29, 0.717) is 19.0 Å². The third-order valence-corrected chi connectivity index (χ3v) is 3.99. The Labute approximate surface area is 114 Å². The molecule has 0 aromatic heterocycles. The number of hydrogen-bond donors (Lipinski definition) is 1. The monoisotopic (exact) mass is 317 g/mol. The van der Waals surface area contributed by atoms with E-state index in [1.165, 1.54) is 4.90 Å². The third kappa shape index (κ3) is 2.93. The first-order chi connectivity index (χ1) is 8.08. The molecule has 1 aromatic rings. The molecule has 3 nitrogen and oxygen atoms in total. The van der Waals surface area contributed by atoms with Crippen LogP contribution in [0.2, 0.25) is 5.02 Å². The molecular weight excluding hydrogens is 305 g/mol. The summed E-state index contributed by atoms with van der Waals surface area (Å²) in [6.45, 7) is 1.18. The summed E-state index contributed by atoms with van der Waals surface area (Å²) in [6, 6.07) is 5.89. The second kappa shape index (κ2) is 5.27. The van der Waals surface area contributed by atoms with Crippen LogP contribution in [0.3, 0.4) is 0 Å². The minimum Gasteiger partial charge on any atom is -0.465 e. The maximum atomic E-state index is 10.8. The lowest BCUT2D eigenvalue weighted by molar-refractivity contribution is 0.132. The highest BCUT2D eigenvalue weighted by Gasteiger charge is 2.24. The smallest absolute Gasteiger partial charge is 0.407 e. The predicted octanol–water partition coefficient (Wildman–Crippen LogP) is 3.96. The maximum absolute atomic E-state index is 10.8. The molecule has 92 valence electrons. The van der Waals surface area contributed by atoms with E-state index in [1.54, 1.807) is 0 Å². The van der Waals surface area contributed by atoms with Gasteiger partial charge in [0.1, 0.15) is 0 Å². The largest absolute Gasteiger partial charge is 0.465 e. The highest BCUT2D eigenvalue weighted by Crippen LogP contribution is 2.34. The van der Waals surface area contributed by atoms with Crippen LogP contribution >= 0.6 is 27.5 Å². The Bertz CT molecular complexity index is 431. The first kappa shape index (κ1) is 12.7. The molecule has 0 spiro atoms. The number of amides is 1. The van der Waals surface area contributed by atoms with Crippen LogP contribution in [0.1, 0.15) is 24.3 Å². The molecule has 17 heavy (non-hydrogen) atoms. The highest BCUT2D eigenvalue weighted by molar-refractivity contribution is 9.10. The standard InChI is InChI=1S/C12H13BrClNO2/c13-9-1-2-10(11(14)7-9)8-3-5-15(6-4-8)12(16)17/h1-2,7-8H,3-6H2,(H,16,17). The van der Waals surface area contributed by atoms with E-state index in [-0.39, 0.29) is 0 Å². The normalized spacial score (nSPS) is 17.2. The van der Waals surface area contributed by atoms with Crippen molar-refractivity contribution in [2.75, 3.05) is 13.1 Å². The van der Waals surface area contributed by atoms with Crippen molar-refractivity contribution in [3.8, 4) is 0 Å². The lowest BCUT2D eigenvalue weighted by atomic mass is 9.89. The Kier molecular flexibility index (Phi) is 3.94. The highest BCUT2D eigenvalue weighted by atomic mass is 79.9. The third-order valence-electron chi connectivity index (χ3n) is 3.17. The fourth-order valence-corrected chi connectivity index (χ4v) is 3.04. The van der Waals surface area contributed by atoms with Gasteiger partial charge in [-0.3, -0.25) is 0 Å². The van der Waals surface area contributed by atoms with E-state index in [4.69, 9.17) is 16.7 Å². The SMILES string of the molecule is O=C(O)N1CCC(c2ccc(Br)cc2Cl)CC1. The first-order valence-electron chi connectivity index (χ1n) is 5.50. The summed E-state index contributed by atoms with van der Waals surface area (Å²) in [5.74, 6) is 0.367. The van der Waals surface area contributed by atoms with Crippen molar-refractivity contribution >= 4 is 33.6 Å². The van der Waals surface area contributed by atoms with Gasteiger partial charge in [0.2, 0.25) is 0 Å². The van der Waals surface area contributed by atoms with Gasteiger partial charge in [0, 0.05) is 22.6 Å². The molecule has 5 heteroatoms. The van der Waals surface area contributed by atoms with Gasteiger partial charge in [-0.25, -0.2) is 4.79 Å². The summed E-state index contributed by atoms with van der Waals surface area (Å²) < 4.78 is 0.967. The van der Waals surface area contributed by atoms with Gasteiger partial charge < -0.3 is 10.0 Å². The molecule has 0 atom stereocenters. The average molecular weight is 319 g/mol. The van der Waals surface area contributed by atoms with Crippen molar-refractivity contribution in [2.45, 2.75) is 18.8 Å². The topological polar surface area (TPSA) is 40.5 Å². The van der Waals surface area contributed by atoms with E-state index in [9.17, 15) is 4.79 Å². The quantitative estimate of drug-likeness (QED) is 0.851. The molecule has 2 rings (SSSR count). The van der Waals surface area contributed by atoms with Crippen molar-refractivity contribution in [1.29, 1.82) is 0 Å². The van der Waals surface area contributed by atoms with Gasteiger partial charge in [0.05, 0.1) is 0 Å².